The molecule has 1 aliphatic heterocycles. The van der Waals surface area contributed by atoms with Crippen LogP contribution in [0.25, 0.3) is 27.8 Å². The first-order valence-corrected chi connectivity index (χ1v) is 13.8. The summed E-state index contributed by atoms with van der Waals surface area (Å²) in [6.45, 7) is 1.36. The Bertz CT molecular complexity index is 1340. The van der Waals surface area contributed by atoms with E-state index >= 15 is 0 Å². The van der Waals surface area contributed by atoms with Gasteiger partial charge in [-0.05, 0) is 84.7 Å². The van der Waals surface area contributed by atoms with Crippen molar-refractivity contribution < 1.29 is 9.90 Å². The van der Waals surface area contributed by atoms with Gasteiger partial charge in [0.1, 0.15) is 5.82 Å². The summed E-state index contributed by atoms with van der Waals surface area (Å²) in [5.74, 6) is 1.82. The molecule has 2 N–H and O–H groups in total. The van der Waals surface area contributed by atoms with Crippen molar-refractivity contribution in [1.29, 1.82) is 0 Å². The van der Waals surface area contributed by atoms with E-state index in [2.05, 4.69) is 62.2 Å². The summed E-state index contributed by atoms with van der Waals surface area (Å²) in [5.41, 5.74) is 3.58. The van der Waals surface area contributed by atoms with Crippen molar-refractivity contribution in [1.82, 2.24) is 19.4 Å². The maximum atomic E-state index is 12.9. The minimum Gasteiger partial charge on any atom is -0.393 e. The maximum absolute atomic E-state index is 12.9. The van der Waals surface area contributed by atoms with Crippen molar-refractivity contribution in [3.05, 3.63) is 59.6 Å². The zero-order chi connectivity index (χ0) is 24.5. The van der Waals surface area contributed by atoms with E-state index in [0.29, 0.717) is 31.9 Å². The Balaban J connectivity index is 1.13. The fourth-order valence-electron chi connectivity index (χ4n) is 5.60. The van der Waals surface area contributed by atoms with Gasteiger partial charge >= 0.3 is 0 Å². The molecule has 1 amide bonds. The minimum atomic E-state index is -0.253. The quantitative estimate of drug-likeness (QED) is 0.397. The van der Waals surface area contributed by atoms with Gasteiger partial charge in [-0.2, -0.15) is 16.3 Å². The van der Waals surface area contributed by atoms with Crippen LogP contribution in [0.2, 0.25) is 0 Å². The molecule has 36 heavy (non-hydrogen) atoms. The van der Waals surface area contributed by atoms with Gasteiger partial charge in [-0.15, -0.1) is 0 Å². The van der Waals surface area contributed by atoms with Crippen LogP contribution < -0.4 is 5.32 Å². The predicted octanol–water partition coefficient (Wildman–Crippen LogP) is 5.10. The van der Waals surface area contributed by atoms with Crippen molar-refractivity contribution >= 4 is 34.1 Å². The Morgan fingerprint density at radius 3 is 2.64 bits per heavy atom. The van der Waals surface area contributed by atoms with Crippen LogP contribution in [-0.4, -0.2) is 55.7 Å². The van der Waals surface area contributed by atoms with Gasteiger partial charge < -0.3 is 19.9 Å². The number of thiophene rings is 1. The summed E-state index contributed by atoms with van der Waals surface area (Å²) in [4.78, 5) is 24.2. The average molecular weight is 502 g/mol. The number of nitrogens with one attached hydrogen (secondary N) is 1. The van der Waals surface area contributed by atoms with Gasteiger partial charge in [-0.3, -0.25) is 4.79 Å². The summed E-state index contributed by atoms with van der Waals surface area (Å²) in [5, 5.41) is 18.7. The van der Waals surface area contributed by atoms with Crippen LogP contribution in [0.4, 0.5) is 5.95 Å². The van der Waals surface area contributed by atoms with Crippen LogP contribution in [0.5, 0.6) is 0 Å². The number of amides is 1. The summed E-state index contributed by atoms with van der Waals surface area (Å²) >= 11 is 1.71. The van der Waals surface area contributed by atoms with E-state index in [-0.39, 0.29) is 24.0 Å². The molecule has 0 spiro atoms. The average Bonchev–Trinajstić information content (AvgIpc) is 3.60. The summed E-state index contributed by atoms with van der Waals surface area (Å²) in [7, 11) is 0. The molecule has 3 aromatic heterocycles. The molecule has 186 valence electrons. The number of fused-ring (bicyclic) bond motifs is 1. The van der Waals surface area contributed by atoms with Gasteiger partial charge in [0.25, 0.3) is 0 Å². The van der Waals surface area contributed by atoms with E-state index in [1.807, 2.05) is 11.0 Å². The highest BCUT2D eigenvalue weighted by Gasteiger charge is 2.31. The predicted molar refractivity (Wildman–Crippen MR) is 143 cm³/mol. The second-order valence-corrected chi connectivity index (χ2v) is 10.7. The highest BCUT2D eigenvalue weighted by molar-refractivity contribution is 7.08. The van der Waals surface area contributed by atoms with Gasteiger partial charge in [0.05, 0.1) is 11.6 Å². The molecule has 1 saturated heterocycles. The molecule has 1 aliphatic carbocycles. The number of hydrogen-bond donors (Lipinski definition) is 2. The van der Waals surface area contributed by atoms with E-state index in [9.17, 15) is 9.90 Å². The van der Waals surface area contributed by atoms with E-state index in [1.54, 1.807) is 17.5 Å². The Labute approximate surface area is 214 Å². The van der Waals surface area contributed by atoms with Crippen LogP contribution in [-0.2, 0) is 4.79 Å². The second-order valence-electron chi connectivity index (χ2n) is 9.92. The van der Waals surface area contributed by atoms with Crippen LogP contribution in [0, 0.1) is 5.92 Å². The van der Waals surface area contributed by atoms with E-state index in [0.717, 1.165) is 37.0 Å². The molecule has 0 radical (unpaired) electrons. The van der Waals surface area contributed by atoms with Gasteiger partial charge in [-0.1, -0.05) is 12.1 Å². The number of aromatic nitrogens is 3. The van der Waals surface area contributed by atoms with Crippen LogP contribution in [0.15, 0.2) is 59.6 Å². The third kappa shape index (κ3) is 4.63. The number of hydrogen-bond acceptors (Lipinski definition) is 6. The summed E-state index contributed by atoms with van der Waals surface area (Å²) < 4.78 is 2.11. The highest BCUT2D eigenvalue weighted by Crippen LogP contribution is 2.32. The number of anilines is 1. The van der Waals surface area contributed by atoms with Crippen LogP contribution in [0.3, 0.4) is 0 Å². The van der Waals surface area contributed by atoms with Crippen LogP contribution in [0.1, 0.15) is 38.5 Å². The van der Waals surface area contributed by atoms with Gasteiger partial charge in [0, 0.05) is 42.8 Å². The number of piperidine rings is 1. The fraction of sp³-hybridized carbons (Fsp3) is 0.393. The molecular weight excluding hydrogens is 470 g/mol. The Morgan fingerprint density at radius 1 is 1.03 bits per heavy atom. The number of carbonyl (C=O) groups is 1. The topological polar surface area (TPSA) is 83.3 Å². The first kappa shape index (κ1) is 23.2. The molecule has 7 nitrogen and oxygen atoms in total. The van der Waals surface area contributed by atoms with Crippen molar-refractivity contribution in [3.8, 4) is 16.9 Å². The van der Waals surface area contributed by atoms with Gasteiger partial charge in [-0.25, -0.2) is 4.98 Å². The molecule has 6 rings (SSSR count). The number of rotatable bonds is 5. The summed E-state index contributed by atoms with van der Waals surface area (Å²) in [6.07, 6.45) is 8.63. The van der Waals surface area contributed by atoms with Crippen molar-refractivity contribution in [2.75, 3.05) is 18.4 Å². The number of nitrogens with zero attached hydrogens (tertiary/aromatic N) is 4. The second kappa shape index (κ2) is 10.0. The number of aliphatic hydroxyl groups excluding tert-OH is 1. The molecule has 4 heterocycles. The monoisotopic (exact) mass is 501 g/mol. The summed E-state index contributed by atoms with van der Waals surface area (Å²) in [6, 6.07) is 12.9. The van der Waals surface area contributed by atoms with Gasteiger partial charge in [0.15, 0.2) is 0 Å². The van der Waals surface area contributed by atoms with E-state index in [1.165, 1.54) is 16.5 Å². The molecule has 2 fully saturated rings. The lowest BCUT2D eigenvalue weighted by atomic mass is 9.85. The zero-order valence-corrected chi connectivity index (χ0v) is 21.0. The molecular formula is C28H31N5O2S. The fourth-order valence-corrected chi connectivity index (χ4v) is 6.26. The van der Waals surface area contributed by atoms with Gasteiger partial charge in [0.2, 0.25) is 11.9 Å². The van der Waals surface area contributed by atoms with Crippen LogP contribution >= 0.6 is 11.3 Å². The lowest BCUT2D eigenvalue weighted by Crippen LogP contribution is -2.44. The third-order valence-corrected chi connectivity index (χ3v) is 8.32. The zero-order valence-electron chi connectivity index (χ0n) is 20.2. The SMILES string of the molecule is O=C([C@H]1CC[C@H](Nc2nccc(-n3ccc4c(-c5ccsc5)cccc43)n2)CC1)N1CCC(O)CC1. The largest absolute Gasteiger partial charge is 0.393 e. The third-order valence-electron chi connectivity index (χ3n) is 7.64. The first-order chi connectivity index (χ1) is 17.7. The normalized spacial score (nSPS) is 21.1. The van der Waals surface area contributed by atoms with Crippen molar-refractivity contribution in [2.45, 2.75) is 50.7 Å². The molecule has 1 aromatic carbocycles. The smallest absolute Gasteiger partial charge is 0.225 e. The lowest BCUT2D eigenvalue weighted by molar-refractivity contribution is -0.138. The van der Waals surface area contributed by atoms with Crippen molar-refractivity contribution in [2.24, 2.45) is 5.92 Å². The Morgan fingerprint density at radius 2 is 1.86 bits per heavy atom. The molecule has 0 unspecified atom stereocenters. The van der Waals surface area contributed by atoms with E-state index in [4.69, 9.17) is 4.98 Å². The highest BCUT2D eigenvalue weighted by atomic mass is 32.1. The Hall–Kier alpha value is -3.23. The minimum absolute atomic E-state index is 0.0919. The number of benzene rings is 1. The standard InChI is InChI=1S/C28H31N5O2S/c34-22-9-14-32(15-10-22)27(35)19-4-6-21(7-5-19)30-28-29-13-8-26(31-28)33-16-11-24-23(2-1-3-25(24)33)20-12-17-36-18-20/h1-3,8,11-13,16-19,21-22,34H,4-7,9-10,14-15H2,(H,29,30,31)/t19-,21-. The number of aliphatic hydroxyl groups is 1. The molecule has 2 aliphatic rings. The molecule has 0 bridgehead atoms. The molecule has 4 aromatic rings. The Kier molecular flexibility index (Phi) is 6.46. The van der Waals surface area contributed by atoms with E-state index < -0.39 is 0 Å². The molecule has 8 heteroatoms. The first-order valence-electron chi connectivity index (χ1n) is 12.8. The maximum Gasteiger partial charge on any atom is 0.225 e. The number of carbonyl (C=O) groups excluding carboxylic acids is 1. The lowest BCUT2D eigenvalue weighted by Gasteiger charge is -2.35. The number of likely N-dealkylation sites (tertiary alicyclic amines) is 1. The molecule has 0 atom stereocenters. The molecule has 1 saturated carbocycles. The van der Waals surface area contributed by atoms with Crippen molar-refractivity contribution in [3.63, 3.8) is 0 Å².